The first-order chi connectivity index (χ1) is 9.97. The Morgan fingerprint density at radius 3 is 2.67 bits per heavy atom. The molecule has 1 fully saturated rings. The summed E-state index contributed by atoms with van der Waals surface area (Å²) in [4.78, 5) is 0. The molecule has 2 rings (SSSR count). The van der Waals surface area contributed by atoms with Gasteiger partial charge in [-0.05, 0) is 30.5 Å². The predicted molar refractivity (Wildman–Crippen MR) is 84.8 cm³/mol. The highest BCUT2D eigenvalue weighted by Gasteiger charge is 2.27. The minimum atomic E-state index is -3.33. The van der Waals surface area contributed by atoms with E-state index in [1.807, 2.05) is 18.2 Å². The summed E-state index contributed by atoms with van der Waals surface area (Å²) in [5.74, 6) is 0. The molecular weight excluding hydrogens is 288 g/mol. The van der Waals surface area contributed by atoms with E-state index < -0.39 is 10.0 Å². The summed E-state index contributed by atoms with van der Waals surface area (Å²) in [7, 11) is -3.33. The summed E-state index contributed by atoms with van der Waals surface area (Å²) in [6.45, 7) is 5.92. The van der Waals surface area contributed by atoms with E-state index in [9.17, 15) is 8.42 Å². The lowest BCUT2D eigenvalue weighted by Gasteiger charge is -2.23. The van der Waals surface area contributed by atoms with Crippen molar-refractivity contribution in [3.05, 3.63) is 29.8 Å². The van der Waals surface area contributed by atoms with Crippen LogP contribution in [0.3, 0.4) is 0 Å². The van der Waals surface area contributed by atoms with E-state index in [1.165, 1.54) is 0 Å². The van der Waals surface area contributed by atoms with Gasteiger partial charge in [0.2, 0.25) is 10.0 Å². The van der Waals surface area contributed by atoms with Gasteiger partial charge in [-0.3, -0.25) is 4.72 Å². The van der Waals surface area contributed by atoms with Crippen molar-refractivity contribution in [2.24, 2.45) is 0 Å². The van der Waals surface area contributed by atoms with Crippen LogP contribution in [-0.2, 0) is 21.3 Å². The van der Waals surface area contributed by atoms with E-state index in [2.05, 4.69) is 23.9 Å². The maximum absolute atomic E-state index is 12.4. The third kappa shape index (κ3) is 4.98. The quantitative estimate of drug-likeness (QED) is 0.844. The SMILES string of the molecule is CC(C)NCc1cccc(NS(=O)(=O)C2CCOCC2)c1. The molecule has 0 bridgehead atoms. The highest BCUT2D eigenvalue weighted by atomic mass is 32.2. The molecule has 1 aliphatic heterocycles. The molecule has 1 heterocycles. The predicted octanol–water partition coefficient (Wildman–Crippen LogP) is 2.11. The summed E-state index contributed by atoms with van der Waals surface area (Å²) >= 11 is 0. The average Bonchev–Trinajstić information content (AvgIpc) is 2.46. The second-order valence-electron chi connectivity index (χ2n) is 5.69. The highest BCUT2D eigenvalue weighted by molar-refractivity contribution is 7.93. The molecule has 1 saturated heterocycles. The van der Waals surface area contributed by atoms with Gasteiger partial charge in [-0.1, -0.05) is 26.0 Å². The molecule has 0 aliphatic carbocycles. The van der Waals surface area contributed by atoms with Crippen molar-refractivity contribution >= 4 is 15.7 Å². The normalized spacial score (nSPS) is 17.1. The van der Waals surface area contributed by atoms with Gasteiger partial charge in [0.25, 0.3) is 0 Å². The Balaban J connectivity index is 2.02. The van der Waals surface area contributed by atoms with Gasteiger partial charge in [0.1, 0.15) is 0 Å². The standard InChI is InChI=1S/C15H24N2O3S/c1-12(2)16-11-13-4-3-5-14(10-13)17-21(18,19)15-6-8-20-9-7-15/h3-5,10,12,15-17H,6-9,11H2,1-2H3. The van der Waals surface area contributed by atoms with Gasteiger partial charge < -0.3 is 10.1 Å². The van der Waals surface area contributed by atoms with Crippen LogP contribution in [0.25, 0.3) is 0 Å². The lowest BCUT2D eigenvalue weighted by molar-refractivity contribution is 0.0984. The molecule has 0 spiro atoms. The number of anilines is 1. The van der Waals surface area contributed by atoms with E-state index in [0.29, 0.717) is 37.8 Å². The monoisotopic (exact) mass is 312 g/mol. The van der Waals surface area contributed by atoms with Crippen molar-refractivity contribution in [2.75, 3.05) is 17.9 Å². The molecule has 21 heavy (non-hydrogen) atoms. The van der Waals surface area contributed by atoms with E-state index in [0.717, 1.165) is 12.1 Å². The molecule has 0 radical (unpaired) electrons. The molecule has 0 aromatic heterocycles. The fraction of sp³-hybridized carbons (Fsp3) is 0.600. The number of nitrogens with one attached hydrogen (secondary N) is 2. The molecule has 1 aromatic rings. The number of sulfonamides is 1. The van der Waals surface area contributed by atoms with Crippen molar-refractivity contribution in [1.29, 1.82) is 0 Å². The topological polar surface area (TPSA) is 67.4 Å². The maximum Gasteiger partial charge on any atom is 0.235 e. The maximum atomic E-state index is 12.4. The Hall–Kier alpha value is -1.11. The summed E-state index contributed by atoms with van der Waals surface area (Å²) in [6.07, 6.45) is 1.12. The summed E-state index contributed by atoms with van der Waals surface area (Å²) < 4.78 is 32.6. The summed E-state index contributed by atoms with van der Waals surface area (Å²) in [5.41, 5.74) is 1.69. The van der Waals surface area contributed by atoms with Gasteiger partial charge in [0, 0.05) is 31.5 Å². The third-order valence-corrected chi connectivity index (χ3v) is 5.38. The van der Waals surface area contributed by atoms with Crippen LogP contribution in [0, 0.1) is 0 Å². The molecule has 0 unspecified atom stereocenters. The zero-order chi connectivity index (χ0) is 15.3. The molecule has 5 nitrogen and oxygen atoms in total. The number of hydrogen-bond donors (Lipinski definition) is 2. The van der Waals surface area contributed by atoms with E-state index >= 15 is 0 Å². The first-order valence-electron chi connectivity index (χ1n) is 7.39. The van der Waals surface area contributed by atoms with Crippen molar-refractivity contribution in [3.8, 4) is 0 Å². The van der Waals surface area contributed by atoms with Gasteiger partial charge in [0.15, 0.2) is 0 Å². The average molecular weight is 312 g/mol. The zero-order valence-corrected chi connectivity index (χ0v) is 13.4. The first-order valence-corrected chi connectivity index (χ1v) is 8.94. The number of benzene rings is 1. The highest BCUT2D eigenvalue weighted by Crippen LogP contribution is 2.20. The molecule has 0 saturated carbocycles. The van der Waals surface area contributed by atoms with Crippen molar-refractivity contribution < 1.29 is 13.2 Å². The van der Waals surface area contributed by atoms with Crippen molar-refractivity contribution in [2.45, 2.75) is 44.5 Å². The molecule has 2 N–H and O–H groups in total. The van der Waals surface area contributed by atoms with Gasteiger partial charge >= 0.3 is 0 Å². The summed E-state index contributed by atoms with van der Waals surface area (Å²) in [5, 5.41) is 2.96. The van der Waals surface area contributed by atoms with Crippen LogP contribution in [0.5, 0.6) is 0 Å². The minimum absolute atomic E-state index is 0.358. The van der Waals surface area contributed by atoms with Gasteiger partial charge in [-0.25, -0.2) is 8.42 Å². The van der Waals surface area contributed by atoms with Crippen LogP contribution in [0.15, 0.2) is 24.3 Å². The van der Waals surface area contributed by atoms with Gasteiger partial charge in [-0.15, -0.1) is 0 Å². The number of rotatable bonds is 6. The van der Waals surface area contributed by atoms with Crippen LogP contribution in [0.2, 0.25) is 0 Å². The minimum Gasteiger partial charge on any atom is -0.381 e. The molecular formula is C15H24N2O3S. The van der Waals surface area contributed by atoms with Gasteiger partial charge in [0.05, 0.1) is 5.25 Å². The fourth-order valence-electron chi connectivity index (χ4n) is 2.30. The number of hydrogen-bond acceptors (Lipinski definition) is 4. The second-order valence-corrected chi connectivity index (χ2v) is 7.66. The van der Waals surface area contributed by atoms with E-state index in [-0.39, 0.29) is 5.25 Å². The largest absolute Gasteiger partial charge is 0.381 e. The lowest BCUT2D eigenvalue weighted by Crippen LogP contribution is -2.33. The van der Waals surface area contributed by atoms with Crippen molar-refractivity contribution in [1.82, 2.24) is 5.32 Å². The molecule has 1 aromatic carbocycles. The Morgan fingerprint density at radius 2 is 2.00 bits per heavy atom. The Bertz CT molecular complexity index is 552. The second kappa shape index (κ2) is 7.24. The lowest BCUT2D eigenvalue weighted by atomic mass is 10.2. The van der Waals surface area contributed by atoms with Crippen LogP contribution < -0.4 is 10.0 Å². The van der Waals surface area contributed by atoms with Crippen LogP contribution in [-0.4, -0.2) is 32.9 Å². The van der Waals surface area contributed by atoms with Crippen molar-refractivity contribution in [3.63, 3.8) is 0 Å². The summed E-state index contributed by atoms with van der Waals surface area (Å²) in [6, 6.07) is 7.93. The smallest absolute Gasteiger partial charge is 0.235 e. The first kappa shape index (κ1) is 16.3. The molecule has 0 amide bonds. The van der Waals surface area contributed by atoms with E-state index in [1.54, 1.807) is 6.07 Å². The Labute approximate surface area is 127 Å². The molecule has 118 valence electrons. The number of ether oxygens (including phenoxy) is 1. The van der Waals surface area contributed by atoms with Gasteiger partial charge in [-0.2, -0.15) is 0 Å². The fourth-order valence-corrected chi connectivity index (χ4v) is 3.74. The molecule has 6 heteroatoms. The van der Waals surface area contributed by atoms with Crippen LogP contribution in [0.1, 0.15) is 32.3 Å². The molecule has 1 aliphatic rings. The zero-order valence-electron chi connectivity index (χ0n) is 12.6. The Morgan fingerprint density at radius 1 is 1.29 bits per heavy atom. The van der Waals surface area contributed by atoms with Crippen LogP contribution >= 0.6 is 0 Å². The third-order valence-electron chi connectivity index (χ3n) is 3.51. The van der Waals surface area contributed by atoms with Crippen LogP contribution in [0.4, 0.5) is 5.69 Å². The Kier molecular flexibility index (Phi) is 5.61. The van der Waals surface area contributed by atoms with E-state index in [4.69, 9.17) is 4.74 Å². The molecule has 0 atom stereocenters.